The predicted molar refractivity (Wildman–Crippen MR) is 129 cm³/mol. The van der Waals surface area contributed by atoms with Crippen molar-refractivity contribution in [2.24, 2.45) is 5.73 Å². The summed E-state index contributed by atoms with van der Waals surface area (Å²) in [5.74, 6) is 0.565. The first kappa shape index (κ1) is 26.1. The molecule has 6 heteroatoms. The molecule has 3 atom stereocenters. The van der Waals surface area contributed by atoms with E-state index in [0.29, 0.717) is 32.1 Å². The molecule has 0 saturated heterocycles. The van der Waals surface area contributed by atoms with Crippen LogP contribution in [0.15, 0.2) is 36.4 Å². The normalized spacial score (nSPS) is 14.8. The Labute approximate surface area is 192 Å². The lowest BCUT2D eigenvalue weighted by Gasteiger charge is -2.27. The molecule has 0 aliphatic carbocycles. The van der Waals surface area contributed by atoms with Gasteiger partial charge in [0.05, 0.1) is 25.4 Å². The van der Waals surface area contributed by atoms with Gasteiger partial charge in [0.2, 0.25) is 0 Å². The van der Waals surface area contributed by atoms with Gasteiger partial charge in [-0.3, -0.25) is 0 Å². The molecule has 178 valence electrons. The van der Waals surface area contributed by atoms with Crippen molar-refractivity contribution in [1.82, 2.24) is 5.32 Å². The number of phenolic OH excluding ortho intramolecular Hbond substituents is 2. The van der Waals surface area contributed by atoms with E-state index in [1.54, 1.807) is 12.1 Å². The van der Waals surface area contributed by atoms with Crippen LogP contribution in [0.4, 0.5) is 0 Å². The molecule has 6 nitrogen and oxygen atoms in total. The predicted octanol–water partition coefficient (Wildman–Crippen LogP) is 3.98. The highest BCUT2D eigenvalue weighted by Crippen LogP contribution is 2.35. The van der Waals surface area contributed by atoms with Gasteiger partial charge in [-0.25, -0.2) is 0 Å². The van der Waals surface area contributed by atoms with Gasteiger partial charge in [-0.1, -0.05) is 32.0 Å². The first-order valence-corrected chi connectivity index (χ1v) is 11.3. The molecule has 32 heavy (non-hydrogen) atoms. The summed E-state index contributed by atoms with van der Waals surface area (Å²) in [6, 6.07) is 11.6. The van der Waals surface area contributed by atoms with Gasteiger partial charge in [-0.15, -0.1) is 0 Å². The van der Waals surface area contributed by atoms with Crippen molar-refractivity contribution >= 4 is 0 Å². The van der Waals surface area contributed by atoms with Crippen LogP contribution in [-0.2, 0) is 21.4 Å². The quantitative estimate of drug-likeness (QED) is 0.395. The minimum atomic E-state index is -0.272. The summed E-state index contributed by atoms with van der Waals surface area (Å²) in [6.07, 6.45) is 0.0149. The van der Waals surface area contributed by atoms with Crippen LogP contribution >= 0.6 is 0 Å². The topological polar surface area (TPSA) is 97.0 Å². The van der Waals surface area contributed by atoms with E-state index in [1.165, 1.54) is 0 Å². The highest BCUT2D eigenvalue weighted by molar-refractivity contribution is 5.46. The second-order valence-electron chi connectivity index (χ2n) is 9.28. The van der Waals surface area contributed by atoms with Gasteiger partial charge in [0.1, 0.15) is 11.5 Å². The Balaban J connectivity index is 1.98. The fourth-order valence-electron chi connectivity index (χ4n) is 3.39. The number of phenols is 2. The maximum absolute atomic E-state index is 10.4. The molecular formula is C26H40N2O4. The highest BCUT2D eigenvalue weighted by atomic mass is 16.5. The summed E-state index contributed by atoms with van der Waals surface area (Å²) in [5, 5.41) is 23.7. The number of aromatic hydroxyl groups is 2. The van der Waals surface area contributed by atoms with Gasteiger partial charge in [0.25, 0.3) is 0 Å². The molecule has 0 amide bonds. The molecule has 0 heterocycles. The molecule has 0 aliphatic heterocycles. The smallest absolute Gasteiger partial charge is 0.120 e. The molecule has 0 aromatic heterocycles. The minimum absolute atomic E-state index is 0.0143. The average Bonchev–Trinajstić information content (AvgIpc) is 2.76. The highest BCUT2D eigenvalue weighted by Gasteiger charge is 2.24. The van der Waals surface area contributed by atoms with E-state index in [1.807, 2.05) is 45.0 Å². The summed E-state index contributed by atoms with van der Waals surface area (Å²) in [7, 11) is 0. The van der Waals surface area contributed by atoms with E-state index in [0.717, 1.165) is 22.3 Å². The SMILES string of the molecule is Cc1cc(C(C)(C)c2ccc(O)c(CNC(C)COC(C)COC(C)CN)c2)ccc1O. The van der Waals surface area contributed by atoms with Crippen LogP contribution in [0.5, 0.6) is 11.5 Å². The first-order chi connectivity index (χ1) is 15.0. The lowest BCUT2D eigenvalue weighted by atomic mass is 9.77. The molecular weight excluding hydrogens is 404 g/mol. The zero-order valence-corrected chi connectivity index (χ0v) is 20.3. The van der Waals surface area contributed by atoms with Crippen molar-refractivity contribution < 1.29 is 19.7 Å². The van der Waals surface area contributed by atoms with Crippen molar-refractivity contribution in [2.75, 3.05) is 19.8 Å². The maximum Gasteiger partial charge on any atom is 0.120 e. The number of aryl methyl sites for hydroxylation is 1. The Bertz CT molecular complexity index is 869. The molecule has 0 saturated carbocycles. The molecule has 0 bridgehead atoms. The number of rotatable bonds is 12. The van der Waals surface area contributed by atoms with Gasteiger partial charge < -0.3 is 30.7 Å². The number of nitrogens with one attached hydrogen (secondary N) is 1. The van der Waals surface area contributed by atoms with Gasteiger partial charge in [0.15, 0.2) is 0 Å². The molecule has 2 rings (SSSR count). The second-order valence-corrected chi connectivity index (χ2v) is 9.28. The van der Waals surface area contributed by atoms with E-state index in [9.17, 15) is 10.2 Å². The van der Waals surface area contributed by atoms with Crippen molar-refractivity contribution in [3.05, 3.63) is 58.7 Å². The number of nitrogens with two attached hydrogens (primary N) is 1. The van der Waals surface area contributed by atoms with Crippen LogP contribution in [0.2, 0.25) is 0 Å². The molecule has 2 aromatic carbocycles. The zero-order valence-electron chi connectivity index (χ0n) is 20.3. The molecule has 0 fully saturated rings. The Morgan fingerprint density at radius 3 is 2.12 bits per heavy atom. The van der Waals surface area contributed by atoms with Crippen LogP contribution in [0.1, 0.15) is 56.9 Å². The van der Waals surface area contributed by atoms with E-state index >= 15 is 0 Å². The van der Waals surface area contributed by atoms with Gasteiger partial charge in [-0.2, -0.15) is 0 Å². The van der Waals surface area contributed by atoms with Crippen molar-refractivity contribution in [3.8, 4) is 11.5 Å². The lowest BCUT2D eigenvalue weighted by molar-refractivity contribution is -0.0334. The molecule has 0 spiro atoms. The summed E-state index contributed by atoms with van der Waals surface area (Å²) in [4.78, 5) is 0. The Kier molecular flexibility index (Phi) is 9.52. The van der Waals surface area contributed by atoms with Crippen LogP contribution in [0.25, 0.3) is 0 Å². The van der Waals surface area contributed by atoms with E-state index in [2.05, 4.69) is 26.1 Å². The second kappa shape index (κ2) is 11.7. The Hall–Kier alpha value is -2.12. The van der Waals surface area contributed by atoms with Crippen molar-refractivity contribution in [2.45, 2.75) is 71.8 Å². The van der Waals surface area contributed by atoms with Crippen molar-refractivity contribution in [3.63, 3.8) is 0 Å². The number of hydrogen-bond acceptors (Lipinski definition) is 6. The third kappa shape index (κ3) is 7.20. The van der Waals surface area contributed by atoms with Crippen LogP contribution in [-0.4, -0.2) is 48.2 Å². The molecule has 0 aliphatic rings. The van der Waals surface area contributed by atoms with Crippen molar-refractivity contribution in [1.29, 1.82) is 0 Å². The number of benzene rings is 2. The maximum atomic E-state index is 10.4. The average molecular weight is 445 g/mol. The first-order valence-electron chi connectivity index (χ1n) is 11.3. The van der Waals surface area contributed by atoms with E-state index < -0.39 is 0 Å². The van der Waals surface area contributed by atoms with Gasteiger partial charge >= 0.3 is 0 Å². The molecule has 0 radical (unpaired) electrons. The number of hydrogen-bond donors (Lipinski definition) is 4. The third-order valence-corrected chi connectivity index (χ3v) is 5.94. The Morgan fingerprint density at radius 1 is 0.906 bits per heavy atom. The third-order valence-electron chi connectivity index (χ3n) is 5.94. The number of ether oxygens (including phenoxy) is 2. The Morgan fingerprint density at radius 2 is 1.50 bits per heavy atom. The van der Waals surface area contributed by atoms with Crippen LogP contribution < -0.4 is 11.1 Å². The summed E-state index contributed by atoms with van der Waals surface area (Å²) >= 11 is 0. The molecule has 5 N–H and O–H groups in total. The van der Waals surface area contributed by atoms with Crippen LogP contribution in [0.3, 0.4) is 0 Å². The monoisotopic (exact) mass is 444 g/mol. The zero-order chi connectivity index (χ0) is 23.9. The fourth-order valence-corrected chi connectivity index (χ4v) is 3.39. The molecule has 2 aromatic rings. The minimum Gasteiger partial charge on any atom is -0.508 e. The summed E-state index contributed by atoms with van der Waals surface area (Å²) in [5.41, 5.74) is 9.19. The van der Waals surface area contributed by atoms with Crippen LogP contribution in [0, 0.1) is 6.92 Å². The molecule has 3 unspecified atom stereocenters. The van der Waals surface area contributed by atoms with Gasteiger partial charge in [-0.05, 0) is 62.6 Å². The summed E-state index contributed by atoms with van der Waals surface area (Å²) in [6.45, 7) is 14.3. The van der Waals surface area contributed by atoms with E-state index in [-0.39, 0.29) is 29.4 Å². The largest absolute Gasteiger partial charge is 0.508 e. The fraction of sp³-hybridized carbons (Fsp3) is 0.538. The lowest BCUT2D eigenvalue weighted by Crippen LogP contribution is -2.33. The van der Waals surface area contributed by atoms with Gasteiger partial charge in [0, 0.05) is 30.1 Å². The standard InChI is InChI=1S/C26H40N2O4/c1-17-11-22(7-9-24(17)29)26(5,6)23-8-10-25(30)21(12-23)14-28-18(2)15-31-20(4)16-32-19(3)13-27/h7-12,18-20,28-30H,13-16,27H2,1-6H3. The summed E-state index contributed by atoms with van der Waals surface area (Å²) < 4.78 is 11.5. The van der Waals surface area contributed by atoms with E-state index in [4.69, 9.17) is 15.2 Å².